The summed E-state index contributed by atoms with van der Waals surface area (Å²) in [5.41, 5.74) is 1.60. The Hall–Kier alpha value is -3.52. The standard InChI is InChI=1S/C21H21N5O3/c1-29-13-5-12-25-17-19(23-18(25)16-8-10-22-11-9-16)26(21(28)24-20(17)27)14-15-6-3-2-4-7-15/h2-4,6-11H,5,12-14H2,1H3,(H,24,27,28). The number of pyridine rings is 1. The van der Waals surface area contributed by atoms with Gasteiger partial charge < -0.3 is 9.30 Å². The molecule has 0 fully saturated rings. The van der Waals surface area contributed by atoms with Crippen LogP contribution in [0.15, 0.2) is 64.4 Å². The van der Waals surface area contributed by atoms with Gasteiger partial charge in [-0.1, -0.05) is 30.3 Å². The van der Waals surface area contributed by atoms with E-state index in [1.807, 2.05) is 47.0 Å². The van der Waals surface area contributed by atoms with Crippen molar-refractivity contribution in [2.24, 2.45) is 0 Å². The molecule has 0 amide bonds. The highest BCUT2D eigenvalue weighted by molar-refractivity contribution is 5.77. The second-order valence-corrected chi connectivity index (χ2v) is 6.67. The van der Waals surface area contributed by atoms with E-state index in [-0.39, 0.29) is 0 Å². The van der Waals surface area contributed by atoms with E-state index >= 15 is 0 Å². The van der Waals surface area contributed by atoms with E-state index in [9.17, 15) is 9.59 Å². The minimum atomic E-state index is -0.478. The fourth-order valence-electron chi connectivity index (χ4n) is 3.39. The largest absolute Gasteiger partial charge is 0.385 e. The number of ether oxygens (including phenoxy) is 1. The van der Waals surface area contributed by atoms with Gasteiger partial charge in [0.1, 0.15) is 5.82 Å². The number of nitrogens with zero attached hydrogens (tertiary/aromatic N) is 4. The van der Waals surface area contributed by atoms with Gasteiger partial charge in [-0.15, -0.1) is 0 Å². The molecule has 0 bridgehead atoms. The van der Waals surface area contributed by atoms with Crippen molar-refractivity contribution in [3.8, 4) is 11.4 Å². The van der Waals surface area contributed by atoms with Crippen LogP contribution < -0.4 is 11.2 Å². The fraction of sp³-hybridized carbons (Fsp3) is 0.238. The van der Waals surface area contributed by atoms with E-state index in [1.54, 1.807) is 19.5 Å². The second-order valence-electron chi connectivity index (χ2n) is 6.67. The molecular formula is C21H21N5O3. The van der Waals surface area contributed by atoms with E-state index in [0.717, 1.165) is 11.1 Å². The molecule has 4 rings (SSSR count). The predicted molar refractivity (Wildman–Crippen MR) is 110 cm³/mol. The van der Waals surface area contributed by atoms with Crippen LogP contribution in [0.5, 0.6) is 0 Å². The first-order valence-electron chi connectivity index (χ1n) is 9.35. The van der Waals surface area contributed by atoms with Crippen molar-refractivity contribution >= 4 is 11.2 Å². The lowest BCUT2D eigenvalue weighted by molar-refractivity contribution is 0.191. The number of fused-ring (bicyclic) bond motifs is 1. The number of nitrogens with one attached hydrogen (secondary N) is 1. The van der Waals surface area contributed by atoms with Crippen molar-refractivity contribution < 1.29 is 4.74 Å². The van der Waals surface area contributed by atoms with E-state index in [0.29, 0.717) is 43.1 Å². The highest BCUT2D eigenvalue weighted by atomic mass is 16.5. The number of aryl methyl sites for hydroxylation is 1. The molecule has 0 radical (unpaired) electrons. The molecule has 0 unspecified atom stereocenters. The van der Waals surface area contributed by atoms with Crippen LogP contribution in [-0.4, -0.2) is 37.8 Å². The average molecular weight is 391 g/mol. The third-order valence-corrected chi connectivity index (χ3v) is 4.74. The van der Waals surface area contributed by atoms with Crippen LogP contribution in [0.2, 0.25) is 0 Å². The van der Waals surface area contributed by atoms with Crippen molar-refractivity contribution in [3.63, 3.8) is 0 Å². The Bertz CT molecular complexity index is 1230. The van der Waals surface area contributed by atoms with Crippen LogP contribution in [0.1, 0.15) is 12.0 Å². The Balaban J connectivity index is 1.94. The molecule has 8 heteroatoms. The van der Waals surface area contributed by atoms with Gasteiger partial charge in [0.25, 0.3) is 5.56 Å². The Labute approximate surface area is 166 Å². The van der Waals surface area contributed by atoms with Crippen molar-refractivity contribution in [3.05, 3.63) is 81.3 Å². The van der Waals surface area contributed by atoms with Gasteiger partial charge in [-0.25, -0.2) is 9.78 Å². The fourth-order valence-corrected chi connectivity index (χ4v) is 3.39. The summed E-state index contributed by atoms with van der Waals surface area (Å²) >= 11 is 0. The molecule has 0 aliphatic carbocycles. The van der Waals surface area contributed by atoms with Gasteiger partial charge >= 0.3 is 5.69 Å². The van der Waals surface area contributed by atoms with Gasteiger partial charge in [0.15, 0.2) is 11.2 Å². The highest BCUT2D eigenvalue weighted by Crippen LogP contribution is 2.22. The molecule has 0 aliphatic rings. The first kappa shape index (κ1) is 18.8. The van der Waals surface area contributed by atoms with Gasteiger partial charge in [-0.3, -0.25) is 19.3 Å². The zero-order valence-corrected chi connectivity index (χ0v) is 16.0. The Morgan fingerprint density at radius 1 is 1.03 bits per heavy atom. The van der Waals surface area contributed by atoms with Crippen molar-refractivity contribution in [2.75, 3.05) is 13.7 Å². The molecule has 148 valence electrons. The summed E-state index contributed by atoms with van der Waals surface area (Å²) in [4.78, 5) is 36.5. The summed E-state index contributed by atoms with van der Waals surface area (Å²) in [6, 6.07) is 13.3. The van der Waals surface area contributed by atoms with Crippen molar-refractivity contribution in [1.82, 2.24) is 24.1 Å². The Morgan fingerprint density at radius 3 is 2.52 bits per heavy atom. The third kappa shape index (κ3) is 3.74. The third-order valence-electron chi connectivity index (χ3n) is 4.74. The minimum Gasteiger partial charge on any atom is -0.385 e. The summed E-state index contributed by atoms with van der Waals surface area (Å²) in [6.45, 7) is 1.41. The van der Waals surface area contributed by atoms with Crippen molar-refractivity contribution in [1.29, 1.82) is 0 Å². The molecule has 3 aromatic heterocycles. The zero-order chi connectivity index (χ0) is 20.2. The second kappa shape index (κ2) is 8.24. The molecule has 0 spiro atoms. The molecule has 0 saturated carbocycles. The molecule has 29 heavy (non-hydrogen) atoms. The quantitative estimate of drug-likeness (QED) is 0.487. The lowest BCUT2D eigenvalue weighted by Crippen LogP contribution is -2.31. The van der Waals surface area contributed by atoms with Crippen LogP contribution in [0.4, 0.5) is 0 Å². The maximum absolute atomic E-state index is 12.7. The summed E-state index contributed by atoms with van der Waals surface area (Å²) in [6.07, 6.45) is 4.06. The summed E-state index contributed by atoms with van der Waals surface area (Å²) in [5.74, 6) is 0.622. The topological polar surface area (TPSA) is 94.8 Å². The van der Waals surface area contributed by atoms with Gasteiger partial charge in [0.2, 0.25) is 0 Å². The number of aromatic amines is 1. The van der Waals surface area contributed by atoms with E-state index in [2.05, 4.69) is 9.97 Å². The van der Waals surface area contributed by atoms with Crippen molar-refractivity contribution in [2.45, 2.75) is 19.5 Å². The number of hydrogen-bond donors (Lipinski definition) is 1. The molecule has 4 aromatic rings. The lowest BCUT2D eigenvalue weighted by Gasteiger charge is -2.09. The normalized spacial score (nSPS) is 11.2. The van der Waals surface area contributed by atoms with Gasteiger partial charge in [-0.05, 0) is 24.1 Å². The molecule has 8 nitrogen and oxygen atoms in total. The maximum atomic E-state index is 12.7. The number of H-pyrrole nitrogens is 1. The van der Waals surface area contributed by atoms with E-state index in [1.165, 1.54) is 4.57 Å². The Kier molecular flexibility index (Phi) is 5.35. The molecule has 0 saturated heterocycles. The molecule has 0 atom stereocenters. The molecule has 1 aromatic carbocycles. The van der Waals surface area contributed by atoms with Crippen LogP contribution in [0, 0.1) is 0 Å². The number of benzene rings is 1. The predicted octanol–water partition coefficient (Wildman–Crippen LogP) is 2.03. The number of imidazole rings is 1. The molecule has 3 heterocycles. The first-order chi connectivity index (χ1) is 14.2. The van der Waals surface area contributed by atoms with Crippen LogP contribution >= 0.6 is 0 Å². The monoisotopic (exact) mass is 391 g/mol. The lowest BCUT2D eigenvalue weighted by atomic mass is 10.2. The average Bonchev–Trinajstić information content (AvgIpc) is 3.13. The van der Waals surface area contributed by atoms with Crippen LogP contribution in [-0.2, 0) is 17.8 Å². The number of hydrogen-bond acceptors (Lipinski definition) is 5. The number of aromatic nitrogens is 5. The number of methoxy groups -OCH3 is 1. The minimum absolute atomic E-state index is 0.317. The van der Waals surface area contributed by atoms with Gasteiger partial charge in [0.05, 0.1) is 6.54 Å². The van der Waals surface area contributed by atoms with Crippen LogP contribution in [0.3, 0.4) is 0 Å². The van der Waals surface area contributed by atoms with E-state index in [4.69, 9.17) is 9.72 Å². The summed E-state index contributed by atoms with van der Waals surface area (Å²) in [5, 5.41) is 0. The Morgan fingerprint density at radius 2 is 1.79 bits per heavy atom. The zero-order valence-electron chi connectivity index (χ0n) is 16.0. The molecule has 0 aliphatic heterocycles. The highest BCUT2D eigenvalue weighted by Gasteiger charge is 2.19. The SMILES string of the molecule is COCCCn1c(-c2ccncc2)nc2c1c(=O)[nH]c(=O)n2Cc1ccccc1. The van der Waals surface area contributed by atoms with E-state index < -0.39 is 11.2 Å². The van der Waals surface area contributed by atoms with Crippen LogP contribution in [0.25, 0.3) is 22.6 Å². The summed E-state index contributed by atoms with van der Waals surface area (Å²) in [7, 11) is 1.64. The molecule has 1 N–H and O–H groups in total. The van der Waals surface area contributed by atoms with Gasteiger partial charge in [-0.2, -0.15) is 0 Å². The smallest absolute Gasteiger partial charge is 0.330 e. The number of rotatable bonds is 7. The first-order valence-corrected chi connectivity index (χ1v) is 9.35. The van der Waals surface area contributed by atoms with Gasteiger partial charge in [0, 0.05) is 38.2 Å². The summed E-state index contributed by atoms with van der Waals surface area (Å²) < 4.78 is 8.52. The molecular weight excluding hydrogens is 370 g/mol. The maximum Gasteiger partial charge on any atom is 0.330 e.